The van der Waals surface area contributed by atoms with Crippen molar-refractivity contribution in [3.8, 4) is 5.75 Å². The van der Waals surface area contributed by atoms with Crippen molar-refractivity contribution in [2.45, 2.75) is 25.9 Å². The molecule has 1 N–H and O–H groups in total. The Morgan fingerprint density at radius 2 is 2.27 bits per heavy atom. The minimum absolute atomic E-state index is 0.0963. The van der Waals surface area contributed by atoms with Crippen molar-refractivity contribution >= 4 is 16.9 Å². The van der Waals surface area contributed by atoms with E-state index in [2.05, 4.69) is 9.88 Å². The Kier molecular flexibility index (Phi) is 6.41. The molecule has 1 aromatic carbocycles. The number of aliphatic hydroxyl groups is 1. The Hall–Kier alpha value is -2.18. The van der Waals surface area contributed by atoms with Gasteiger partial charge in [0.25, 0.3) is 0 Å². The number of carbonyl (C=O) groups is 1. The number of nitrogens with zero attached hydrogens (tertiary/aromatic N) is 2. The van der Waals surface area contributed by atoms with E-state index in [1.165, 1.54) is 0 Å². The van der Waals surface area contributed by atoms with Gasteiger partial charge in [-0.2, -0.15) is 0 Å². The quantitative estimate of drug-likeness (QED) is 0.766. The number of aromatic nitrogens is 1. The molecule has 1 fully saturated rings. The molecule has 0 saturated carbocycles. The van der Waals surface area contributed by atoms with E-state index in [1.807, 2.05) is 37.3 Å². The maximum absolute atomic E-state index is 11.9. The first-order chi connectivity index (χ1) is 12.7. The zero-order chi connectivity index (χ0) is 18.4. The lowest BCUT2D eigenvalue weighted by atomic mass is 9.98. The number of piperidine rings is 1. The van der Waals surface area contributed by atoms with Crippen LogP contribution in [0.3, 0.4) is 0 Å². The van der Waals surface area contributed by atoms with Crippen LogP contribution in [-0.4, -0.2) is 59.9 Å². The second-order valence-corrected chi connectivity index (χ2v) is 6.64. The van der Waals surface area contributed by atoms with E-state index in [4.69, 9.17) is 9.47 Å². The highest BCUT2D eigenvalue weighted by molar-refractivity contribution is 5.84. The molecule has 1 aliphatic heterocycles. The molecule has 1 aliphatic rings. The largest absolute Gasteiger partial charge is 0.490 e. The molecule has 2 aromatic rings. The Morgan fingerprint density at radius 3 is 3.12 bits per heavy atom. The first-order valence-corrected chi connectivity index (χ1v) is 9.21. The summed E-state index contributed by atoms with van der Waals surface area (Å²) < 4.78 is 10.9. The van der Waals surface area contributed by atoms with Gasteiger partial charge in [0.15, 0.2) is 0 Å². The van der Waals surface area contributed by atoms with Gasteiger partial charge in [-0.05, 0) is 50.6 Å². The molecular weight excluding hydrogens is 332 g/mol. The minimum atomic E-state index is -0.622. The summed E-state index contributed by atoms with van der Waals surface area (Å²) in [6, 6.07) is 9.54. The Morgan fingerprint density at radius 1 is 1.38 bits per heavy atom. The fraction of sp³-hybridized carbons (Fsp3) is 0.500. The lowest BCUT2D eigenvalue weighted by Crippen LogP contribution is -2.44. The van der Waals surface area contributed by atoms with E-state index in [9.17, 15) is 9.90 Å². The average molecular weight is 358 g/mol. The number of aliphatic hydroxyl groups excluding tert-OH is 1. The Balaban J connectivity index is 1.52. The van der Waals surface area contributed by atoms with Crippen LogP contribution in [0.5, 0.6) is 5.75 Å². The lowest BCUT2D eigenvalue weighted by Gasteiger charge is -2.32. The fourth-order valence-corrected chi connectivity index (χ4v) is 3.41. The van der Waals surface area contributed by atoms with Gasteiger partial charge in [-0.25, -0.2) is 0 Å². The van der Waals surface area contributed by atoms with Crippen molar-refractivity contribution in [3.63, 3.8) is 0 Å². The number of β-amino-alcohol motifs (C(OH)–C–C–N with tert-alkyl or cyclic N) is 1. The number of benzene rings is 1. The molecule has 0 amide bonds. The lowest BCUT2D eigenvalue weighted by molar-refractivity contribution is -0.150. The maximum Gasteiger partial charge on any atom is 0.310 e. The molecule has 140 valence electrons. The predicted molar refractivity (Wildman–Crippen MR) is 99.0 cm³/mol. The number of esters is 1. The van der Waals surface area contributed by atoms with Gasteiger partial charge in [0.2, 0.25) is 0 Å². The highest BCUT2D eigenvalue weighted by Gasteiger charge is 2.27. The van der Waals surface area contributed by atoms with Crippen molar-refractivity contribution in [1.82, 2.24) is 9.88 Å². The molecule has 0 radical (unpaired) electrons. The topological polar surface area (TPSA) is 71.9 Å². The average Bonchev–Trinajstić information content (AvgIpc) is 2.67. The number of hydrogen-bond acceptors (Lipinski definition) is 6. The molecule has 1 unspecified atom stereocenters. The van der Waals surface area contributed by atoms with Crippen LogP contribution in [-0.2, 0) is 9.53 Å². The normalized spacial score (nSPS) is 19.2. The highest BCUT2D eigenvalue weighted by Crippen LogP contribution is 2.24. The summed E-state index contributed by atoms with van der Waals surface area (Å²) in [5.74, 6) is 0.491. The van der Waals surface area contributed by atoms with Crippen LogP contribution in [0, 0.1) is 5.92 Å². The molecule has 6 heteroatoms. The number of hydrogen-bond donors (Lipinski definition) is 1. The minimum Gasteiger partial charge on any atom is -0.490 e. The zero-order valence-corrected chi connectivity index (χ0v) is 15.1. The summed E-state index contributed by atoms with van der Waals surface area (Å²) in [5.41, 5.74) is 0.868. The van der Waals surface area contributed by atoms with E-state index >= 15 is 0 Å². The predicted octanol–water partition coefficient (Wildman–Crippen LogP) is 2.25. The maximum atomic E-state index is 11.9. The second kappa shape index (κ2) is 8.96. The smallest absolute Gasteiger partial charge is 0.310 e. The molecule has 0 bridgehead atoms. The third kappa shape index (κ3) is 4.71. The summed E-state index contributed by atoms with van der Waals surface area (Å²) in [6.07, 6.45) is 2.91. The van der Waals surface area contributed by atoms with E-state index in [1.54, 1.807) is 6.20 Å². The summed E-state index contributed by atoms with van der Waals surface area (Å²) in [5, 5.41) is 11.3. The summed E-state index contributed by atoms with van der Waals surface area (Å²) in [7, 11) is 0. The Labute approximate surface area is 153 Å². The number of fused-ring (bicyclic) bond motifs is 1. The van der Waals surface area contributed by atoms with E-state index in [0.717, 1.165) is 36.0 Å². The Bertz CT molecular complexity index is 731. The van der Waals surface area contributed by atoms with E-state index in [-0.39, 0.29) is 18.5 Å². The third-order valence-corrected chi connectivity index (χ3v) is 4.63. The standard InChI is InChI=1S/C20H26N2O4/c1-2-25-20(24)15-6-5-11-22(12-15)13-16(23)14-26-19-9-3-8-18-17(19)7-4-10-21-18/h3-4,7-10,15-16,23H,2,5-6,11-14H2,1H3/t15-,16?/m1/s1. The van der Waals surface area contributed by atoms with Gasteiger partial charge in [-0.15, -0.1) is 0 Å². The number of ether oxygens (including phenoxy) is 2. The molecule has 0 aliphatic carbocycles. The molecule has 1 saturated heterocycles. The van der Waals surface area contributed by atoms with Crippen molar-refractivity contribution in [2.24, 2.45) is 5.92 Å². The molecule has 2 atom stereocenters. The molecule has 26 heavy (non-hydrogen) atoms. The van der Waals surface area contributed by atoms with Gasteiger partial charge in [-0.1, -0.05) is 6.07 Å². The number of likely N-dealkylation sites (tertiary alicyclic amines) is 1. The van der Waals surface area contributed by atoms with Gasteiger partial charge in [0.05, 0.1) is 18.0 Å². The van der Waals surface area contributed by atoms with Crippen molar-refractivity contribution in [3.05, 3.63) is 36.5 Å². The molecular formula is C20H26N2O4. The van der Waals surface area contributed by atoms with Crippen molar-refractivity contribution in [1.29, 1.82) is 0 Å². The zero-order valence-electron chi connectivity index (χ0n) is 15.1. The molecule has 3 rings (SSSR count). The number of carbonyl (C=O) groups excluding carboxylic acids is 1. The van der Waals surface area contributed by atoms with Gasteiger partial charge in [0.1, 0.15) is 18.5 Å². The van der Waals surface area contributed by atoms with Crippen LogP contribution in [0.25, 0.3) is 10.9 Å². The van der Waals surface area contributed by atoms with Gasteiger partial charge < -0.3 is 14.6 Å². The van der Waals surface area contributed by atoms with Crippen LogP contribution in [0.4, 0.5) is 0 Å². The molecule has 6 nitrogen and oxygen atoms in total. The molecule has 2 heterocycles. The number of pyridine rings is 1. The first-order valence-electron chi connectivity index (χ1n) is 9.21. The van der Waals surface area contributed by atoms with Gasteiger partial charge >= 0.3 is 5.97 Å². The second-order valence-electron chi connectivity index (χ2n) is 6.64. The van der Waals surface area contributed by atoms with Crippen molar-refractivity contribution in [2.75, 3.05) is 32.8 Å². The summed E-state index contributed by atoms with van der Waals surface area (Å²) in [6.45, 7) is 4.43. The van der Waals surface area contributed by atoms with Gasteiger partial charge in [0, 0.05) is 24.7 Å². The SMILES string of the molecule is CCOC(=O)[C@@H]1CCCN(CC(O)COc2cccc3ncccc23)C1. The third-order valence-electron chi connectivity index (χ3n) is 4.63. The van der Waals surface area contributed by atoms with Crippen LogP contribution >= 0.6 is 0 Å². The van der Waals surface area contributed by atoms with Crippen LogP contribution in [0.1, 0.15) is 19.8 Å². The number of rotatable bonds is 7. The first kappa shape index (κ1) is 18.6. The summed E-state index contributed by atoms with van der Waals surface area (Å²) >= 11 is 0. The fourth-order valence-electron chi connectivity index (χ4n) is 3.41. The van der Waals surface area contributed by atoms with Crippen LogP contribution in [0.15, 0.2) is 36.5 Å². The van der Waals surface area contributed by atoms with Crippen LogP contribution in [0.2, 0.25) is 0 Å². The van der Waals surface area contributed by atoms with Crippen molar-refractivity contribution < 1.29 is 19.4 Å². The van der Waals surface area contributed by atoms with E-state index < -0.39 is 6.10 Å². The monoisotopic (exact) mass is 358 g/mol. The van der Waals surface area contributed by atoms with E-state index in [0.29, 0.717) is 19.7 Å². The van der Waals surface area contributed by atoms with Gasteiger partial charge in [-0.3, -0.25) is 14.7 Å². The molecule has 1 aromatic heterocycles. The molecule has 0 spiro atoms. The highest BCUT2D eigenvalue weighted by atomic mass is 16.5. The summed E-state index contributed by atoms with van der Waals surface area (Å²) in [4.78, 5) is 18.3. The van der Waals surface area contributed by atoms with Crippen LogP contribution < -0.4 is 4.74 Å².